The number of hydrogen-bond acceptors (Lipinski definition) is 4. The fraction of sp³-hybridized carbons (Fsp3) is 0.286. The van der Waals surface area contributed by atoms with Crippen LogP contribution in [0.5, 0.6) is 0 Å². The summed E-state index contributed by atoms with van der Waals surface area (Å²) >= 11 is 0. The normalized spacial score (nSPS) is 11.3. The Morgan fingerprint density at radius 3 is 2.74 bits per heavy atom. The van der Waals surface area contributed by atoms with Crippen molar-refractivity contribution < 1.29 is 8.42 Å². The fourth-order valence-electron chi connectivity index (χ4n) is 1.95. The van der Waals surface area contributed by atoms with E-state index in [0.717, 1.165) is 0 Å². The van der Waals surface area contributed by atoms with Crippen molar-refractivity contribution in [3.05, 3.63) is 36.5 Å². The number of unbranched alkanes of at least 4 members (excludes halogenated alkanes) is 2. The summed E-state index contributed by atoms with van der Waals surface area (Å²) in [5, 5.41) is 9.10. The van der Waals surface area contributed by atoms with Crippen molar-refractivity contribution in [3.63, 3.8) is 0 Å². The zero-order chi connectivity index (χ0) is 13.7. The SMILES string of the molecule is N#CCCCCS(=O)(=O)c1ccnc2ccccc12. The second-order valence-electron chi connectivity index (χ2n) is 4.26. The third kappa shape index (κ3) is 3.09. The first-order valence-electron chi connectivity index (χ1n) is 6.08. The van der Waals surface area contributed by atoms with Crippen LogP contribution in [0, 0.1) is 11.3 Å². The predicted octanol–water partition coefficient (Wildman–Crippen LogP) is 2.70. The second-order valence-corrected chi connectivity index (χ2v) is 6.34. The number of pyridine rings is 1. The first-order valence-corrected chi connectivity index (χ1v) is 7.74. The molecule has 0 atom stereocenters. The van der Waals surface area contributed by atoms with E-state index in [-0.39, 0.29) is 5.75 Å². The van der Waals surface area contributed by atoms with Gasteiger partial charge in [0.2, 0.25) is 0 Å². The summed E-state index contributed by atoms with van der Waals surface area (Å²) in [7, 11) is -3.32. The lowest BCUT2D eigenvalue weighted by Crippen LogP contribution is -2.07. The summed E-state index contributed by atoms with van der Waals surface area (Å²) in [5.74, 6) is 0.0721. The maximum atomic E-state index is 12.3. The van der Waals surface area contributed by atoms with Gasteiger partial charge < -0.3 is 0 Å². The Balaban J connectivity index is 2.31. The molecule has 1 heterocycles. The van der Waals surface area contributed by atoms with E-state index in [1.807, 2.05) is 12.1 Å². The Kier molecular flexibility index (Phi) is 4.13. The molecule has 0 radical (unpaired) electrons. The number of rotatable bonds is 5. The number of sulfone groups is 1. The molecule has 0 saturated carbocycles. The van der Waals surface area contributed by atoms with Crippen molar-refractivity contribution in [2.24, 2.45) is 0 Å². The summed E-state index contributed by atoms with van der Waals surface area (Å²) in [6.07, 6.45) is 3.03. The number of benzene rings is 1. The fourth-order valence-corrected chi connectivity index (χ4v) is 3.53. The lowest BCUT2D eigenvalue weighted by atomic mass is 10.2. The van der Waals surface area contributed by atoms with Gasteiger partial charge in [-0.25, -0.2) is 8.42 Å². The van der Waals surface area contributed by atoms with Crippen LogP contribution in [0.15, 0.2) is 41.4 Å². The molecule has 0 aliphatic carbocycles. The summed E-state index contributed by atoms with van der Waals surface area (Å²) in [4.78, 5) is 4.49. The van der Waals surface area contributed by atoms with Crippen LogP contribution in [-0.4, -0.2) is 19.2 Å². The van der Waals surface area contributed by atoms with Gasteiger partial charge in [0.25, 0.3) is 0 Å². The molecule has 2 aromatic rings. The summed E-state index contributed by atoms with van der Waals surface area (Å²) in [6.45, 7) is 0. The van der Waals surface area contributed by atoms with Gasteiger partial charge in [0.05, 0.1) is 22.2 Å². The van der Waals surface area contributed by atoms with Crippen LogP contribution in [0.1, 0.15) is 19.3 Å². The molecule has 0 aliphatic rings. The number of fused-ring (bicyclic) bond motifs is 1. The van der Waals surface area contributed by atoms with Gasteiger partial charge in [-0.05, 0) is 25.0 Å². The van der Waals surface area contributed by atoms with Gasteiger partial charge in [0.15, 0.2) is 9.84 Å². The highest BCUT2D eigenvalue weighted by atomic mass is 32.2. The second kappa shape index (κ2) is 5.81. The van der Waals surface area contributed by atoms with Crippen molar-refractivity contribution in [2.45, 2.75) is 24.2 Å². The van der Waals surface area contributed by atoms with Crippen LogP contribution >= 0.6 is 0 Å². The van der Waals surface area contributed by atoms with E-state index in [0.29, 0.717) is 35.1 Å². The quantitative estimate of drug-likeness (QED) is 0.786. The average Bonchev–Trinajstić information content (AvgIpc) is 2.43. The lowest BCUT2D eigenvalue weighted by molar-refractivity contribution is 0.592. The standard InChI is InChI=1S/C14H14N2O2S/c15-9-4-1-5-11-19(17,18)14-8-10-16-13-7-3-2-6-12(13)14/h2-3,6-8,10H,1,4-5,11H2. The molecule has 0 fully saturated rings. The summed E-state index contributed by atoms with van der Waals surface area (Å²) in [6, 6.07) is 10.8. The van der Waals surface area contributed by atoms with Crippen LogP contribution < -0.4 is 0 Å². The van der Waals surface area contributed by atoms with E-state index >= 15 is 0 Å². The lowest BCUT2D eigenvalue weighted by Gasteiger charge is -2.07. The molecule has 98 valence electrons. The number of nitriles is 1. The highest BCUT2D eigenvalue weighted by Crippen LogP contribution is 2.22. The van der Waals surface area contributed by atoms with E-state index in [1.165, 1.54) is 6.20 Å². The molecule has 0 saturated heterocycles. The van der Waals surface area contributed by atoms with Gasteiger partial charge in [-0.2, -0.15) is 5.26 Å². The first kappa shape index (κ1) is 13.5. The Bertz CT molecular complexity index is 712. The third-order valence-electron chi connectivity index (χ3n) is 2.90. The smallest absolute Gasteiger partial charge is 0.179 e. The van der Waals surface area contributed by atoms with Gasteiger partial charge in [-0.3, -0.25) is 4.98 Å². The topological polar surface area (TPSA) is 70.8 Å². The molecule has 0 N–H and O–H groups in total. The van der Waals surface area contributed by atoms with Crippen molar-refractivity contribution in [1.29, 1.82) is 5.26 Å². The monoisotopic (exact) mass is 274 g/mol. The Morgan fingerprint density at radius 2 is 1.95 bits per heavy atom. The van der Waals surface area contributed by atoms with Crippen molar-refractivity contribution >= 4 is 20.7 Å². The van der Waals surface area contributed by atoms with Gasteiger partial charge >= 0.3 is 0 Å². The minimum absolute atomic E-state index is 0.0721. The van der Waals surface area contributed by atoms with Crippen LogP contribution in [0.4, 0.5) is 0 Å². The van der Waals surface area contributed by atoms with Crippen LogP contribution in [0.3, 0.4) is 0 Å². The molecular weight excluding hydrogens is 260 g/mol. The number of para-hydroxylation sites is 1. The van der Waals surface area contributed by atoms with E-state index in [2.05, 4.69) is 4.98 Å². The molecule has 0 amide bonds. The van der Waals surface area contributed by atoms with Crippen LogP contribution in [0.25, 0.3) is 10.9 Å². The molecule has 19 heavy (non-hydrogen) atoms. The maximum Gasteiger partial charge on any atom is 0.179 e. The van der Waals surface area contributed by atoms with E-state index in [4.69, 9.17) is 5.26 Å². The summed E-state index contributed by atoms with van der Waals surface area (Å²) in [5.41, 5.74) is 0.681. The first-order chi connectivity index (χ1) is 9.15. The molecule has 1 aromatic heterocycles. The molecule has 4 nitrogen and oxygen atoms in total. The zero-order valence-electron chi connectivity index (χ0n) is 10.4. The Hall–Kier alpha value is -1.93. The average molecular weight is 274 g/mol. The number of aromatic nitrogens is 1. The predicted molar refractivity (Wildman–Crippen MR) is 73.3 cm³/mol. The van der Waals surface area contributed by atoms with Gasteiger partial charge in [0, 0.05) is 18.0 Å². The summed E-state index contributed by atoms with van der Waals surface area (Å²) < 4.78 is 24.6. The maximum absolute atomic E-state index is 12.3. The van der Waals surface area contributed by atoms with Crippen molar-refractivity contribution in [2.75, 3.05) is 5.75 Å². The molecule has 0 aliphatic heterocycles. The van der Waals surface area contributed by atoms with Crippen molar-refractivity contribution in [3.8, 4) is 6.07 Å². The third-order valence-corrected chi connectivity index (χ3v) is 4.75. The van der Waals surface area contributed by atoms with Gasteiger partial charge in [-0.15, -0.1) is 0 Å². The molecule has 5 heteroatoms. The van der Waals surface area contributed by atoms with E-state index in [9.17, 15) is 8.42 Å². The van der Waals surface area contributed by atoms with Crippen LogP contribution in [0.2, 0.25) is 0 Å². The van der Waals surface area contributed by atoms with E-state index in [1.54, 1.807) is 24.3 Å². The molecule has 2 rings (SSSR count). The molecule has 0 unspecified atom stereocenters. The highest BCUT2D eigenvalue weighted by molar-refractivity contribution is 7.91. The van der Waals surface area contributed by atoms with Gasteiger partial charge in [-0.1, -0.05) is 18.2 Å². The molecule has 0 spiro atoms. The number of nitrogens with zero attached hydrogens (tertiary/aromatic N) is 2. The van der Waals surface area contributed by atoms with E-state index < -0.39 is 9.84 Å². The van der Waals surface area contributed by atoms with Crippen molar-refractivity contribution in [1.82, 2.24) is 4.98 Å². The number of hydrogen-bond donors (Lipinski definition) is 0. The molecule has 1 aromatic carbocycles. The van der Waals surface area contributed by atoms with Gasteiger partial charge in [0.1, 0.15) is 0 Å². The zero-order valence-corrected chi connectivity index (χ0v) is 11.2. The minimum Gasteiger partial charge on any atom is -0.256 e. The highest BCUT2D eigenvalue weighted by Gasteiger charge is 2.17. The largest absolute Gasteiger partial charge is 0.256 e. The van der Waals surface area contributed by atoms with Crippen LogP contribution in [-0.2, 0) is 9.84 Å². The Labute approximate surface area is 112 Å². The minimum atomic E-state index is -3.32. The molecule has 0 bridgehead atoms. The Morgan fingerprint density at radius 1 is 1.16 bits per heavy atom. The molecular formula is C14H14N2O2S.